The summed E-state index contributed by atoms with van der Waals surface area (Å²) in [6, 6.07) is 0.318. The van der Waals surface area contributed by atoms with Gasteiger partial charge in [0.1, 0.15) is 10.6 Å². The smallest absolute Gasteiger partial charge is 0.257 e. The molecule has 1 aromatic rings. The molecule has 0 aliphatic heterocycles. The SMILES string of the molecule is CCCN(c1snc(N)c1C(=O)NC)C(C)C. The standard InChI is InChI=1S/C11H20N4OS/c1-5-6-15(7(2)3)11-8(10(16)13-4)9(12)14-17-11/h7H,5-6H2,1-4H3,(H2,12,14)(H,13,16). The van der Waals surface area contributed by atoms with Gasteiger partial charge in [0.25, 0.3) is 5.91 Å². The average Bonchev–Trinajstić information content (AvgIpc) is 2.66. The van der Waals surface area contributed by atoms with Gasteiger partial charge < -0.3 is 16.0 Å². The third kappa shape index (κ3) is 2.88. The first-order valence-corrected chi connectivity index (χ1v) is 6.54. The third-order valence-electron chi connectivity index (χ3n) is 2.50. The van der Waals surface area contributed by atoms with Gasteiger partial charge in [0.2, 0.25) is 0 Å². The second-order valence-corrected chi connectivity index (χ2v) is 4.87. The molecule has 0 saturated heterocycles. The molecule has 0 atom stereocenters. The molecule has 1 aromatic heterocycles. The molecule has 0 aliphatic rings. The Morgan fingerprint density at radius 2 is 2.24 bits per heavy atom. The van der Waals surface area contributed by atoms with Crippen molar-refractivity contribution in [3.8, 4) is 0 Å². The van der Waals surface area contributed by atoms with Crippen molar-refractivity contribution in [2.45, 2.75) is 33.2 Å². The van der Waals surface area contributed by atoms with Crippen molar-refractivity contribution in [3.63, 3.8) is 0 Å². The maximum Gasteiger partial charge on any atom is 0.257 e. The highest BCUT2D eigenvalue weighted by atomic mass is 32.1. The molecular formula is C11H20N4OS. The first kappa shape index (κ1) is 13.8. The van der Waals surface area contributed by atoms with Crippen molar-refractivity contribution < 1.29 is 4.79 Å². The van der Waals surface area contributed by atoms with Gasteiger partial charge in [0.05, 0.1) is 0 Å². The number of nitrogens with one attached hydrogen (secondary N) is 1. The molecule has 0 aliphatic carbocycles. The Morgan fingerprint density at radius 3 is 2.71 bits per heavy atom. The van der Waals surface area contributed by atoms with Gasteiger partial charge in [-0.1, -0.05) is 6.92 Å². The summed E-state index contributed by atoms with van der Waals surface area (Å²) in [5.41, 5.74) is 6.26. The summed E-state index contributed by atoms with van der Waals surface area (Å²) >= 11 is 1.29. The van der Waals surface area contributed by atoms with E-state index in [2.05, 4.69) is 35.4 Å². The Morgan fingerprint density at radius 1 is 1.59 bits per heavy atom. The average molecular weight is 256 g/mol. The van der Waals surface area contributed by atoms with Gasteiger partial charge in [-0.3, -0.25) is 4.79 Å². The number of carbonyl (C=O) groups is 1. The highest BCUT2D eigenvalue weighted by Gasteiger charge is 2.23. The van der Waals surface area contributed by atoms with Gasteiger partial charge >= 0.3 is 0 Å². The van der Waals surface area contributed by atoms with Crippen LogP contribution in [0.25, 0.3) is 0 Å². The fourth-order valence-electron chi connectivity index (χ4n) is 1.66. The highest BCUT2D eigenvalue weighted by Crippen LogP contribution is 2.31. The lowest BCUT2D eigenvalue weighted by Gasteiger charge is -2.27. The minimum Gasteiger partial charge on any atom is -0.382 e. The van der Waals surface area contributed by atoms with Crippen LogP contribution in [-0.4, -0.2) is 29.9 Å². The van der Waals surface area contributed by atoms with Crippen LogP contribution in [-0.2, 0) is 0 Å². The molecule has 0 unspecified atom stereocenters. The molecule has 0 fully saturated rings. The van der Waals surface area contributed by atoms with Crippen LogP contribution in [0.15, 0.2) is 0 Å². The van der Waals surface area contributed by atoms with Crippen LogP contribution in [0.2, 0.25) is 0 Å². The first-order valence-electron chi connectivity index (χ1n) is 5.76. The lowest BCUT2D eigenvalue weighted by atomic mass is 10.2. The van der Waals surface area contributed by atoms with Crippen LogP contribution in [0.1, 0.15) is 37.6 Å². The van der Waals surface area contributed by atoms with Gasteiger partial charge in [-0.15, -0.1) is 0 Å². The van der Waals surface area contributed by atoms with Crippen molar-refractivity contribution in [1.82, 2.24) is 9.69 Å². The molecule has 3 N–H and O–H groups in total. The van der Waals surface area contributed by atoms with Gasteiger partial charge in [-0.25, -0.2) is 0 Å². The molecule has 5 nitrogen and oxygen atoms in total. The van der Waals surface area contributed by atoms with E-state index in [4.69, 9.17) is 5.73 Å². The normalized spacial score (nSPS) is 10.6. The molecule has 6 heteroatoms. The summed E-state index contributed by atoms with van der Waals surface area (Å²) in [6.45, 7) is 7.20. The Bertz CT molecular complexity index is 389. The monoisotopic (exact) mass is 256 g/mol. The van der Waals surface area contributed by atoms with Gasteiger partial charge in [0.15, 0.2) is 5.82 Å². The number of anilines is 2. The van der Waals surface area contributed by atoms with E-state index < -0.39 is 0 Å². The van der Waals surface area contributed by atoms with Crippen molar-refractivity contribution in [1.29, 1.82) is 0 Å². The Kier molecular flexibility index (Phi) is 4.74. The number of hydrogen-bond acceptors (Lipinski definition) is 5. The Labute approximate surface area is 106 Å². The molecule has 1 rings (SSSR count). The minimum atomic E-state index is -0.173. The van der Waals surface area contributed by atoms with Crippen LogP contribution in [0.5, 0.6) is 0 Å². The maximum atomic E-state index is 11.8. The molecular weight excluding hydrogens is 236 g/mol. The molecule has 0 spiro atoms. The van der Waals surface area contributed by atoms with Gasteiger partial charge in [-0.2, -0.15) is 4.37 Å². The fourth-order valence-corrected chi connectivity index (χ4v) is 2.63. The maximum absolute atomic E-state index is 11.8. The number of nitrogens with zero attached hydrogens (tertiary/aromatic N) is 2. The summed E-state index contributed by atoms with van der Waals surface area (Å²) in [6.07, 6.45) is 1.02. The van der Waals surface area contributed by atoms with Gasteiger partial charge in [0, 0.05) is 19.6 Å². The molecule has 0 radical (unpaired) electrons. The minimum absolute atomic E-state index is 0.173. The zero-order valence-corrected chi connectivity index (χ0v) is 11.6. The Hall–Kier alpha value is -1.30. The topological polar surface area (TPSA) is 71.2 Å². The molecule has 0 saturated carbocycles. The van der Waals surface area contributed by atoms with Crippen molar-refractivity contribution >= 4 is 28.3 Å². The van der Waals surface area contributed by atoms with E-state index >= 15 is 0 Å². The first-order chi connectivity index (χ1) is 8.02. The quantitative estimate of drug-likeness (QED) is 0.841. The summed E-state index contributed by atoms with van der Waals surface area (Å²) in [5, 5.41) is 3.47. The zero-order chi connectivity index (χ0) is 13.0. The number of amides is 1. The van der Waals surface area contributed by atoms with Crippen molar-refractivity contribution in [2.75, 3.05) is 24.2 Å². The molecule has 96 valence electrons. The van der Waals surface area contributed by atoms with Crippen molar-refractivity contribution in [2.24, 2.45) is 0 Å². The fraction of sp³-hybridized carbons (Fsp3) is 0.636. The predicted octanol–water partition coefficient (Wildman–Crippen LogP) is 1.71. The van der Waals surface area contributed by atoms with Crippen molar-refractivity contribution in [3.05, 3.63) is 5.56 Å². The summed E-state index contributed by atoms with van der Waals surface area (Å²) in [4.78, 5) is 14.0. The number of nitrogens with two attached hydrogens (primary N) is 1. The largest absolute Gasteiger partial charge is 0.382 e. The molecule has 1 amide bonds. The lowest BCUT2D eigenvalue weighted by molar-refractivity contribution is 0.0964. The third-order valence-corrected chi connectivity index (χ3v) is 3.40. The van der Waals surface area contributed by atoms with Crippen LogP contribution in [0.4, 0.5) is 10.8 Å². The molecule has 0 bridgehead atoms. The zero-order valence-electron chi connectivity index (χ0n) is 10.8. The van der Waals surface area contributed by atoms with E-state index in [1.54, 1.807) is 7.05 Å². The summed E-state index contributed by atoms with van der Waals surface area (Å²) in [7, 11) is 1.60. The van der Waals surface area contributed by atoms with E-state index in [9.17, 15) is 4.79 Å². The van der Waals surface area contributed by atoms with Crippen LogP contribution < -0.4 is 16.0 Å². The second kappa shape index (κ2) is 5.86. The predicted molar refractivity (Wildman–Crippen MR) is 72.7 cm³/mol. The number of hydrogen-bond donors (Lipinski definition) is 2. The number of nitrogen functional groups attached to an aromatic ring is 1. The van der Waals surface area contributed by atoms with Crippen LogP contribution in [0.3, 0.4) is 0 Å². The van der Waals surface area contributed by atoms with E-state index in [0.29, 0.717) is 17.4 Å². The van der Waals surface area contributed by atoms with Crippen LogP contribution in [0, 0.1) is 0 Å². The lowest BCUT2D eigenvalue weighted by Crippen LogP contribution is -2.33. The summed E-state index contributed by atoms with van der Waals surface area (Å²) in [5.74, 6) is 0.138. The number of aromatic nitrogens is 1. The molecule has 1 heterocycles. The van der Waals surface area contributed by atoms with E-state index in [1.807, 2.05) is 0 Å². The van der Waals surface area contributed by atoms with Gasteiger partial charge in [-0.05, 0) is 31.8 Å². The number of rotatable bonds is 5. The Balaban J connectivity index is 3.15. The number of carbonyl (C=O) groups excluding carboxylic acids is 1. The summed E-state index contributed by atoms with van der Waals surface area (Å²) < 4.78 is 4.09. The van der Waals surface area contributed by atoms with E-state index in [1.165, 1.54) is 11.5 Å². The highest BCUT2D eigenvalue weighted by molar-refractivity contribution is 7.11. The van der Waals surface area contributed by atoms with Crippen LogP contribution >= 0.6 is 11.5 Å². The van der Waals surface area contributed by atoms with E-state index in [0.717, 1.165) is 18.0 Å². The molecule has 17 heavy (non-hydrogen) atoms. The molecule has 0 aromatic carbocycles. The van der Waals surface area contributed by atoms with E-state index in [-0.39, 0.29) is 5.91 Å². The second-order valence-electron chi connectivity index (χ2n) is 4.11.